The third-order valence-corrected chi connectivity index (χ3v) is 9.45. The van der Waals surface area contributed by atoms with E-state index in [0.29, 0.717) is 6.54 Å². The molecule has 0 aliphatic carbocycles. The van der Waals surface area contributed by atoms with Crippen molar-refractivity contribution in [2.45, 2.75) is 90.3 Å². The fourth-order valence-electron chi connectivity index (χ4n) is 2.61. The number of aliphatic carboxylic acids is 1. The Morgan fingerprint density at radius 1 is 1.15 bits per heavy atom. The van der Waals surface area contributed by atoms with Crippen LogP contribution < -0.4 is 0 Å². The predicted molar refractivity (Wildman–Crippen MR) is 105 cm³/mol. The number of nitrogens with zero attached hydrogens (tertiary/aromatic N) is 1. The number of hydrogen-bond acceptors (Lipinski definition) is 4. The molecule has 0 aromatic heterocycles. The van der Waals surface area contributed by atoms with Crippen molar-refractivity contribution in [1.82, 2.24) is 4.90 Å². The van der Waals surface area contributed by atoms with E-state index in [4.69, 9.17) is 14.3 Å². The van der Waals surface area contributed by atoms with Crippen molar-refractivity contribution in [2.75, 3.05) is 6.54 Å². The highest BCUT2D eigenvalue weighted by atomic mass is 28.4. The Morgan fingerprint density at radius 3 is 2.19 bits per heavy atom. The fraction of sp³-hybridized carbons (Fsp3) is 0.789. The van der Waals surface area contributed by atoms with Gasteiger partial charge in [0.1, 0.15) is 5.60 Å². The van der Waals surface area contributed by atoms with Crippen molar-refractivity contribution in [3.05, 3.63) is 12.2 Å². The summed E-state index contributed by atoms with van der Waals surface area (Å²) >= 11 is 0. The number of carboxylic acid groups (broad SMARTS) is 1. The molecular formula is C19H35NO5Si. The number of hydrogen-bond donors (Lipinski definition) is 1. The zero-order valence-corrected chi connectivity index (χ0v) is 18.5. The Bertz CT molecular complexity index is 545. The number of piperidine rings is 1. The molecule has 150 valence electrons. The summed E-state index contributed by atoms with van der Waals surface area (Å²) < 4.78 is 12.1. The van der Waals surface area contributed by atoms with Crippen LogP contribution in [0.25, 0.3) is 0 Å². The molecule has 6 nitrogen and oxygen atoms in total. The number of carbonyl (C=O) groups excluding carboxylic acids is 1. The summed E-state index contributed by atoms with van der Waals surface area (Å²) in [7, 11) is -2.06. The van der Waals surface area contributed by atoms with Crippen LogP contribution in [-0.2, 0) is 14.0 Å². The average molecular weight is 386 g/mol. The Labute approximate surface area is 158 Å². The molecule has 1 aliphatic heterocycles. The van der Waals surface area contributed by atoms with Gasteiger partial charge in [-0.2, -0.15) is 0 Å². The van der Waals surface area contributed by atoms with Crippen LogP contribution >= 0.6 is 0 Å². The first kappa shape index (κ1) is 22.7. The van der Waals surface area contributed by atoms with Gasteiger partial charge in [0.05, 0.1) is 12.1 Å². The molecule has 0 saturated carbocycles. The van der Waals surface area contributed by atoms with Gasteiger partial charge in [0.25, 0.3) is 0 Å². The number of carbonyl (C=O) groups is 2. The van der Waals surface area contributed by atoms with E-state index < -0.39 is 32.0 Å². The van der Waals surface area contributed by atoms with Gasteiger partial charge in [0.2, 0.25) is 0 Å². The number of ether oxygens (including phenoxy) is 1. The van der Waals surface area contributed by atoms with Gasteiger partial charge in [-0.05, 0) is 51.7 Å². The minimum absolute atomic E-state index is 0.0300. The van der Waals surface area contributed by atoms with Crippen LogP contribution in [0.2, 0.25) is 18.1 Å². The van der Waals surface area contributed by atoms with E-state index in [-0.39, 0.29) is 11.1 Å². The van der Waals surface area contributed by atoms with Crippen LogP contribution in [-0.4, -0.2) is 54.7 Å². The van der Waals surface area contributed by atoms with Crippen molar-refractivity contribution in [3.63, 3.8) is 0 Å². The van der Waals surface area contributed by atoms with Crippen LogP contribution in [0.1, 0.15) is 54.4 Å². The second-order valence-corrected chi connectivity index (χ2v) is 14.2. The Hall–Kier alpha value is -1.34. The smallest absolute Gasteiger partial charge is 0.410 e. The van der Waals surface area contributed by atoms with Gasteiger partial charge in [-0.25, -0.2) is 9.59 Å². The first-order valence-electron chi connectivity index (χ1n) is 9.22. The van der Waals surface area contributed by atoms with E-state index in [1.807, 2.05) is 20.8 Å². The Kier molecular flexibility index (Phi) is 7.09. The molecule has 0 spiro atoms. The highest BCUT2D eigenvalue weighted by Crippen LogP contribution is 2.39. The fourth-order valence-corrected chi connectivity index (χ4v) is 3.98. The van der Waals surface area contributed by atoms with Crippen LogP contribution in [0.15, 0.2) is 12.2 Å². The molecule has 1 fully saturated rings. The van der Waals surface area contributed by atoms with Crippen LogP contribution in [0.4, 0.5) is 4.79 Å². The molecule has 0 unspecified atom stereocenters. The van der Waals surface area contributed by atoms with Crippen molar-refractivity contribution in [1.29, 1.82) is 0 Å². The molecule has 1 heterocycles. The van der Waals surface area contributed by atoms with Crippen molar-refractivity contribution in [3.8, 4) is 0 Å². The highest BCUT2D eigenvalue weighted by Gasteiger charge is 2.43. The SMILES string of the molecule is CC(C)(C)OC(=O)N1CCC[C@H](O[Si](C)(C)C(C)(C)C)[C@@H]1/C=C/C(=O)O. The molecule has 0 aromatic rings. The number of likely N-dealkylation sites (tertiary alicyclic amines) is 1. The van der Waals surface area contributed by atoms with E-state index in [2.05, 4.69) is 33.9 Å². The van der Waals surface area contributed by atoms with Crippen LogP contribution in [0, 0.1) is 0 Å². The quantitative estimate of drug-likeness (QED) is 0.573. The van der Waals surface area contributed by atoms with E-state index in [0.717, 1.165) is 18.9 Å². The van der Waals surface area contributed by atoms with Gasteiger partial charge in [-0.15, -0.1) is 0 Å². The Morgan fingerprint density at radius 2 is 1.73 bits per heavy atom. The monoisotopic (exact) mass is 385 g/mol. The lowest BCUT2D eigenvalue weighted by atomic mass is 9.99. The molecule has 0 radical (unpaired) electrons. The molecule has 1 saturated heterocycles. The zero-order chi connectivity index (χ0) is 20.3. The van der Waals surface area contributed by atoms with E-state index in [1.165, 1.54) is 0 Å². The summed E-state index contributed by atoms with van der Waals surface area (Å²) in [5.41, 5.74) is -0.606. The molecule has 26 heavy (non-hydrogen) atoms. The molecule has 1 N–H and O–H groups in total. The molecule has 1 rings (SSSR count). The highest BCUT2D eigenvalue weighted by molar-refractivity contribution is 6.74. The van der Waals surface area contributed by atoms with Gasteiger partial charge < -0.3 is 14.3 Å². The predicted octanol–water partition coefficient (Wildman–Crippen LogP) is 4.42. The summed E-state index contributed by atoms with van der Waals surface area (Å²) in [6, 6.07) is -0.441. The molecule has 1 aliphatic rings. The van der Waals surface area contributed by atoms with Crippen LogP contribution in [0.3, 0.4) is 0 Å². The Balaban J connectivity index is 3.11. The van der Waals surface area contributed by atoms with Crippen LogP contribution in [0.5, 0.6) is 0 Å². The number of rotatable bonds is 4. The normalized spacial score (nSPS) is 22.5. The minimum Gasteiger partial charge on any atom is -0.478 e. The second kappa shape index (κ2) is 8.13. The maximum atomic E-state index is 12.7. The van der Waals surface area contributed by atoms with Gasteiger partial charge in [0.15, 0.2) is 8.32 Å². The van der Waals surface area contributed by atoms with E-state index in [9.17, 15) is 9.59 Å². The summed E-state index contributed by atoms with van der Waals surface area (Å²) in [5, 5.41) is 9.08. The lowest BCUT2D eigenvalue weighted by Gasteiger charge is -2.45. The molecule has 2 atom stereocenters. The maximum Gasteiger partial charge on any atom is 0.410 e. The third-order valence-electron chi connectivity index (χ3n) is 4.94. The standard InChI is InChI=1S/C19H35NO5Si/c1-18(2,3)24-17(23)20-13-9-10-15(14(20)11-12-16(21)22)25-26(7,8)19(4,5)6/h11-12,14-15H,9-10,13H2,1-8H3,(H,21,22)/b12-11+/t14-,15-/m0/s1. The van der Waals surface area contributed by atoms with Crippen molar-refractivity contribution >= 4 is 20.4 Å². The second-order valence-electron chi connectivity index (χ2n) is 9.42. The topological polar surface area (TPSA) is 76.1 Å². The zero-order valence-electron chi connectivity index (χ0n) is 17.5. The van der Waals surface area contributed by atoms with E-state index in [1.54, 1.807) is 11.0 Å². The lowest BCUT2D eigenvalue weighted by molar-refractivity contribution is -0.131. The lowest BCUT2D eigenvalue weighted by Crippen LogP contribution is -2.56. The summed E-state index contributed by atoms with van der Waals surface area (Å²) in [6.07, 6.45) is 3.59. The third kappa shape index (κ3) is 6.43. The molecule has 0 bridgehead atoms. The van der Waals surface area contributed by atoms with E-state index >= 15 is 0 Å². The largest absolute Gasteiger partial charge is 0.478 e. The number of amides is 1. The van der Waals surface area contributed by atoms with Gasteiger partial charge in [-0.3, -0.25) is 4.90 Å². The molecule has 0 aromatic carbocycles. The number of carboxylic acids is 1. The van der Waals surface area contributed by atoms with Gasteiger partial charge in [0, 0.05) is 12.6 Å². The molecule has 1 amide bonds. The first-order valence-corrected chi connectivity index (χ1v) is 12.1. The van der Waals surface area contributed by atoms with Gasteiger partial charge >= 0.3 is 12.1 Å². The maximum absolute atomic E-state index is 12.7. The minimum atomic E-state index is -2.06. The molecular weight excluding hydrogens is 350 g/mol. The van der Waals surface area contributed by atoms with Crippen molar-refractivity contribution in [2.24, 2.45) is 0 Å². The summed E-state index contributed by atoms with van der Waals surface area (Å²) in [5.74, 6) is -1.04. The average Bonchev–Trinajstić information content (AvgIpc) is 2.42. The summed E-state index contributed by atoms with van der Waals surface area (Å²) in [6.45, 7) is 16.8. The van der Waals surface area contributed by atoms with Crippen molar-refractivity contribution < 1.29 is 23.9 Å². The van der Waals surface area contributed by atoms with Gasteiger partial charge in [-0.1, -0.05) is 26.8 Å². The molecule has 7 heteroatoms. The first-order chi connectivity index (χ1) is 11.6. The summed E-state index contributed by atoms with van der Waals surface area (Å²) in [4.78, 5) is 25.3.